The Balaban J connectivity index is 1.31. The molecule has 2 aromatic carbocycles. The number of nitrogens with zero attached hydrogens (tertiary/aromatic N) is 1. The average molecular weight is 577 g/mol. The highest BCUT2D eigenvalue weighted by molar-refractivity contribution is 8.14. The summed E-state index contributed by atoms with van der Waals surface area (Å²) in [6.07, 6.45) is 1.32. The van der Waals surface area contributed by atoms with Crippen molar-refractivity contribution in [2.24, 2.45) is 16.6 Å². The van der Waals surface area contributed by atoms with E-state index in [4.69, 9.17) is 11.5 Å². The van der Waals surface area contributed by atoms with Gasteiger partial charge in [-0.3, -0.25) is 15.0 Å². The molecule has 0 bridgehead atoms. The number of hydrazone groups is 1. The maximum Gasteiger partial charge on any atom is 0.573 e. The summed E-state index contributed by atoms with van der Waals surface area (Å²) >= 11 is 1.47. The fourth-order valence-corrected chi connectivity index (χ4v) is 4.58. The largest absolute Gasteiger partial charge is 0.573 e. The first kappa shape index (κ1) is 30.4. The predicted octanol–water partition coefficient (Wildman–Crippen LogP) is 3.74. The highest BCUT2D eigenvalue weighted by atomic mass is 32.2. The number of allylic oxidation sites excluding steroid dienone is 3. The van der Waals surface area contributed by atoms with Crippen LogP contribution in [0.4, 0.5) is 13.2 Å². The van der Waals surface area contributed by atoms with Crippen LogP contribution in [-0.2, 0) is 22.4 Å². The molecule has 1 aliphatic rings. The standard InChI is InChI=1S/C27H31F3N6O3S/c28-27(29,30)39-21-11-6-9-19(15-21)17-23(37)33-22(32)14-13-20(31)10-4-5-12-25-35-36-26(40-25)34-24(38)16-18-7-2-1-3-8-18/h1-3,6-9,11,13-15,26,36H,4-5,10,12,16-17,31-32H2,(H,33,37)(H,34,38)/b20-13-,22-14+. The fraction of sp³-hybridized carbons (Fsp3) is 0.296. The van der Waals surface area contributed by atoms with E-state index in [2.05, 4.69) is 25.9 Å². The van der Waals surface area contributed by atoms with Crippen LogP contribution in [0.25, 0.3) is 0 Å². The molecule has 0 radical (unpaired) electrons. The van der Waals surface area contributed by atoms with E-state index in [9.17, 15) is 22.8 Å². The normalized spacial score (nSPS) is 15.7. The second kappa shape index (κ2) is 14.9. The Labute approximate surface area is 234 Å². The Morgan fingerprint density at radius 1 is 1.00 bits per heavy atom. The van der Waals surface area contributed by atoms with Gasteiger partial charge in [-0.2, -0.15) is 5.10 Å². The van der Waals surface area contributed by atoms with Crippen molar-refractivity contribution >= 4 is 28.6 Å². The van der Waals surface area contributed by atoms with Crippen LogP contribution < -0.4 is 32.3 Å². The van der Waals surface area contributed by atoms with Crippen LogP contribution >= 0.6 is 11.8 Å². The van der Waals surface area contributed by atoms with Gasteiger partial charge in [0.2, 0.25) is 11.8 Å². The van der Waals surface area contributed by atoms with Gasteiger partial charge in [0, 0.05) is 5.70 Å². The van der Waals surface area contributed by atoms with Crippen molar-refractivity contribution in [1.82, 2.24) is 16.1 Å². The van der Waals surface area contributed by atoms with Crippen molar-refractivity contribution < 1.29 is 27.5 Å². The lowest BCUT2D eigenvalue weighted by molar-refractivity contribution is -0.274. The lowest BCUT2D eigenvalue weighted by Gasteiger charge is -2.11. The molecule has 40 heavy (non-hydrogen) atoms. The van der Waals surface area contributed by atoms with E-state index in [1.54, 1.807) is 6.08 Å². The molecule has 0 aromatic heterocycles. The number of nitrogens with two attached hydrogens (primary N) is 2. The Bertz CT molecular complexity index is 1250. The lowest BCUT2D eigenvalue weighted by Crippen LogP contribution is -2.39. The number of thioether (sulfide) groups is 1. The number of unbranched alkanes of at least 4 members (excludes halogenated alkanes) is 1. The van der Waals surface area contributed by atoms with Crippen molar-refractivity contribution in [1.29, 1.82) is 0 Å². The summed E-state index contributed by atoms with van der Waals surface area (Å²) in [4.78, 5) is 24.4. The number of halogens is 3. The highest BCUT2D eigenvalue weighted by Gasteiger charge is 2.31. The highest BCUT2D eigenvalue weighted by Crippen LogP contribution is 2.23. The predicted molar refractivity (Wildman–Crippen MR) is 148 cm³/mol. The van der Waals surface area contributed by atoms with Gasteiger partial charge in [-0.1, -0.05) is 54.2 Å². The number of carbonyl (C=O) groups excluding carboxylic acids is 2. The van der Waals surface area contributed by atoms with Gasteiger partial charge >= 0.3 is 6.36 Å². The third-order valence-corrected chi connectivity index (χ3v) is 6.45. The number of carbonyl (C=O) groups is 2. The molecular weight excluding hydrogens is 545 g/mol. The number of benzene rings is 2. The molecule has 9 nitrogen and oxygen atoms in total. The molecule has 2 amide bonds. The third kappa shape index (κ3) is 11.7. The van der Waals surface area contributed by atoms with Crippen LogP contribution in [0.2, 0.25) is 0 Å². The second-order valence-corrected chi connectivity index (χ2v) is 10.0. The Hall–Kier alpha value is -4.13. The summed E-state index contributed by atoms with van der Waals surface area (Å²) in [6.45, 7) is 0. The SMILES string of the molecule is N/C(=C\C=C(/N)NC(=O)Cc1cccc(OC(F)(F)F)c1)CCCCC1=NNC(NC(=O)Cc2ccccc2)S1. The van der Waals surface area contributed by atoms with Crippen molar-refractivity contribution in [3.8, 4) is 5.75 Å². The topological polar surface area (TPSA) is 144 Å². The van der Waals surface area contributed by atoms with Crippen LogP contribution in [0, 0.1) is 0 Å². The van der Waals surface area contributed by atoms with Crippen LogP contribution in [-0.4, -0.2) is 28.7 Å². The van der Waals surface area contributed by atoms with Crippen molar-refractivity contribution in [3.05, 3.63) is 89.4 Å². The van der Waals surface area contributed by atoms with Crippen molar-refractivity contribution in [3.63, 3.8) is 0 Å². The minimum atomic E-state index is -4.81. The van der Waals surface area contributed by atoms with E-state index in [-0.39, 0.29) is 23.6 Å². The number of ether oxygens (including phenoxy) is 1. The van der Waals surface area contributed by atoms with E-state index < -0.39 is 18.0 Å². The molecule has 0 saturated heterocycles. The maximum absolute atomic E-state index is 12.4. The van der Waals surface area contributed by atoms with Crippen molar-refractivity contribution in [2.75, 3.05) is 0 Å². The van der Waals surface area contributed by atoms with Gasteiger partial charge in [-0.25, -0.2) is 0 Å². The smallest absolute Gasteiger partial charge is 0.406 e. The van der Waals surface area contributed by atoms with Crippen LogP contribution in [0.1, 0.15) is 36.8 Å². The lowest BCUT2D eigenvalue weighted by atomic mass is 10.1. The summed E-state index contributed by atoms with van der Waals surface area (Å²) in [6, 6.07) is 14.7. The van der Waals surface area contributed by atoms with Gasteiger partial charge in [-0.15, -0.1) is 13.2 Å². The van der Waals surface area contributed by atoms with Crippen LogP contribution in [0.5, 0.6) is 5.75 Å². The van der Waals surface area contributed by atoms with E-state index in [0.29, 0.717) is 24.1 Å². The van der Waals surface area contributed by atoms with Gasteiger partial charge < -0.3 is 26.8 Å². The number of alkyl halides is 3. The Kier molecular flexibility index (Phi) is 11.3. The summed E-state index contributed by atoms with van der Waals surface area (Å²) in [5.41, 5.74) is 16.3. The molecule has 1 unspecified atom stereocenters. The zero-order valence-electron chi connectivity index (χ0n) is 21.5. The van der Waals surface area contributed by atoms with Gasteiger partial charge in [0.15, 0.2) is 5.50 Å². The summed E-state index contributed by atoms with van der Waals surface area (Å²) < 4.78 is 41.0. The van der Waals surface area contributed by atoms with E-state index >= 15 is 0 Å². The van der Waals surface area contributed by atoms with Gasteiger partial charge in [0.1, 0.15) is 11.6 Å². The number of amides is 2. The summed E-state index contributed by atoms with van der Waals surface area (Å²) in [7, 11) is 0. The molecule has 7 N–H and O–H groups in total. The molecule has 0 fully saturated rings. The number of hydrogen-bond donors (Lipinski definition) is 5. The van der Waals surface area contributed by atoms with Gasteiger partial charge in [0.05, 0.1) is 17.9 Å². The number of nitrogens with one attached hydrogen (secondary N) is 3. The minimum Gasteiger partial charge on any atom is -0.406 e. The first-order chi connectivity index (χ1) is 19.1. The quantitative estimate of drug-likeness (QED) is 0.181. The van der Waals surface area contributed by atoms with Crippen LogP contribution in [0.15, 0.2) is 83.4 Å². The Morgan fingerprint density at radius 2 is 1.73 bits per heavy atom. The third-order valence-electron chi connectivity index (χ3n) is 5.42. The molecule has 1 aliphatic heterocycles. The van der Waals surface area contributed by atoms with Gasteiger partial charge in [0.25, 0.3) is 0 Å². The molecule has 13 heteroatoms. The molecule has 214 valence electrons. The van der Waals surface area contributed by atoms with E-state index in [1.807, 2.05) is 30.3 Å². The molecule has 1 atom stereocenters. The van der Waals surface area contributed by atoms with Crippen molar-refractivity contribution in [2.45, 2.75) is 50.4 Å². The summed E-state index contributed by atoms with van der Waals surface area (Å²) in [5, 5.41) is 10.5. The monoisotopic (exact) mass is 576 g/mol. The Morgan fingerprint density at radius 3 is 2.48 bits per heavy atom. The summed E-state index contributed by atoms with van der Waals surface area (Å²) in [5.74, 6) is -0.933. The molecular formula is C27H31F3N6O3S. The minimum absolute atomic E-state index is 0.0544. The molecule has 0 aliphatic carbocycles. The zero-order chi connectivity index (χ0) is 29.0. The van der Waals surface area contributed by atoms with E-state index in [1.165, 1.54) is 30.0 Å². The first-order valence-electron chi connectivity index (χ1n) is 12.4. The zero-order valence-corrected chi connectivity index (χ0v) is 22.4. The first-order valence-corrected chi connectivity index (χ1v) is 13.3. The fourth-order valence-electron chi connectivity index (χ4n) is 3.64. The molecule has 0 saturated carbocycles. The van der Waals surface area contributed by atoms with E-state index in [0.717, 1.165) is 42.0 Å². The maximum atomic E-state index is 12.4. The molecule has 3 rings (SSSR count). The molecule has 2 aromatic rings. The van der Waals surface area contributed by atoms with Crippen LogP contribution in [0.3, 0.4) is 0 Å². The molecule has 0 spiro atoms. The number of rotatable bonds is 13. The average Bonchev–Trinajstić information content (AvgIpc) is 3.32. The van der Waals surface area contributed by atoms with Gasteiger partial charge in [-0.05, 0) is 61.1 Å². The number of hydrogen-bond acceptors (Lipinski definition) is 8. The molecule has 1 heterocycles. The second-order valence-electron chi connectivity index (χ2n) is 8.85.